The Bertz CT molecular complexity index is 357. The van der Waals surface area contributed by atoms with E-state index in [0.717, 1.165) is 25.5 Å². The highest BCUT2D eigenvalue weighted by Gasteiger charge is 2.29. The molecular formula is C10H19ClN6. The van der Waals surface area contributed by atoms with E-state index in [4.69, 9.17) is 0 Å². The van der Waals surface area contributed by atoms with Gasteiger partial charge < -0.3 is 5.32 Å². The number of hydrogen-bond acceptors (Lipinski definition) is 5. The van der Waals surface area contributed by atoms with Crippen LogP contribution >= 0.6 is 12.4 Å². The van der Waals surface area contributed by atoms with E-state index in [1.54, 1.807) is 0 Å². The fourth-order valence-corrected chi connectivity index (χ4v) is 2.29. The second-order valence-electron chi connectivity index (χ2n) is 4.83. The molecule has 0 radical (unpaired) electrons. The first-order valence-electron chi connectivity index (χ1n) is 6.02. The van der Waals surface area contributed by atoms with Crippen LogP contribution in [0.25, 0.3) is 0 Å². The van der Waals surface area contributed by atoms with Gasteiger partial charge in [0.05, 0.1) is 12.6 Å². The molecule has 2 fully saturated rings. The summed E-state index contributed by atoms with van der Waals surface area (Å²) in [4.78, 5) is 2.35. The molecule has 0 spiro atoms. The Balaban J connectivity index is 0.00000108. The van der Waals surface area contributed by atoms with Crippen molar-refractivity contribution in [3.05, 3.63) is 5.82 Å². The van der Waals surface area contributed by atoms with Crippen molar-refractivity contribution in [3.8, 4) is 0 Å². The van der Waals surface area contributed by atoms with Crippen LogP contribution in [-0.4, -0.2) is 51.3 Å². The van der Waals surface area contributed by atoms with Gasteiger partial charge in [-0.3, -0.25) is 4.90 Å². The van der Waals surface area contributed by atoms with Gasteiger partial charge in [0.1, 0.15) is 0 Å². The summed E-state index contributed by atoms with van der Waals surface area (Å²) in [5.74, 6) is 1.01. The third kappa shape index (κ3) is 2.75. The molecule has 0 aromatic carbocycles. The maximum absolute atomic E-state index is 4.13. The van der Waals surface area contributed by atoms with E-state index in [1.165, 1.54) is 19.3 Å². The highest BCUT2D eigenvalue weighted by atomic mass is 35.5. The molecule has 1 saturated carbocycles. The van der Waals surface area contributed by atoms with Crippen LogP contribution in [-0.2, 0) is 6.54 Å². The number of nitrogens with zero attached hydrogens (tertiary/aromatic N) is 5. The van der Waals surface area contributed by atoms with Crippen LogP contribution in [0.1, 0.15) is 31.1 Å². The van der Waals surface area contributed by atoms with E-state index in [1.807, 2.05) is 4.68 Å². The number of nitrogens with one attached hydrogen (secondary N) is 1. The zero-order valence-corrected chi connectivity index (χ0v) is 10.9. The summed E-state index contributed by atoms with van der Waals surface area (Å²) in [6.45, 7) is 3.07. The van der Waals surface area contributed by atoms with Crippen LogP contribution in [0.3, 0.4) is 0 Å². The minimum Gasteiger partial charge on any atom is -0.315 e. The number of tetrazole rings is 1. The second kappa shape index (κ2) is 5.29. The van der Waals surface area contributed by atoms with Crippen molar-refractivity contribution in [2.45, 2.75) is 37.9 Å². The first-order chi connectivity index (χ1) is 7.84. The molecule has 1 atom stereocenters. The van der Waals surface area contributed by atoms with E-state index >= 15 is 0 Å². The van der Waals surface area contributed by atoms with Gasteiger partial charge in [0, 0.05) is 12.6 Å². The van der Waals surface area contributed by atoms with Crippen LogP contribution in [0.5, 0.6) is 0 Å². The van der Waals surface area contributed by atoms with E-state index in [-0.39, 0.29) is 12.4 Å². The molecule has 1 aliphatic heterocycles. The smallest absolute Gasteiger partial charge is 0.165 e. The Hall–Kier alpha value is -0.720. The van der Waals surface area contributed by atoms with Crippen molar-refractivity contribution in [1.29, 1.82) is 0 Å². The average Bonchev–Trinajstić information content (AvgIpc) is 2.83. The first kappa shape index (κ1) is 12.7. The van der Waals surface area contributed by atoms with E-state index in [0.29, 0.717) is 12.1 Å². The van der Waals surface area contributed by atoms with Crippen molar-refractivity contribution in [1.82, 2.24) is 30.4 Å². The van der Waals surface area contributed by atoms with Crippen molar-refractivity contribution < 1.29 is 0 Å². The van der Waals surface area contributed by atoms with Gasteiger partial charge in [-0.25, -0.2) is 4.68 Å². The van der Waals surface area contributed by atoms with Crippen molar-refractivity contribution in [2.75, 3.05) is 20.1 Å². The summed E-state index contributed by atoms with van der Waals surface area (Å²) in [6, 6.07) is 1.20. The highest BCUT2D eigenvalue weighted by molar-refractivity contribution is 5.85. The van der Waals surface area contributed by atoms with E-state index in [9.17, 15) is 0 Å². The third-order valence-corrected chi connectivity index (χ3v) is 3.50. The molecule has 1 N–H and O–H groups in total. The van der Waals surface area contributed by atoms with Crippen LogP contribution < -0.4 is 5.32 Å². The minimum atomic E-state index is 0. The monoisotopic (exact) mass is 258 g/mol. The van der Waals surface area contributed by atoms with Gasteiger partial charge in [-0.15, -0.1) is 17.5 Å². The number of hydrogen-bond donors (Lipinski definition) is 1. The van der Waals surface area contributed by atoms with E-state index in [2.05, 4.69) is 32.8 Å². The maximum atomic E-state index is 4.13. The summed E-state index contributed by atoms with van der Waals surface area (Å²) < 4.78 is 2.00. The standard InChI is InChI=1S/C10H18N6.ClH/c1-15(9-4-5-11-6-9)7-10-12-13-14-16(10)8-2-3-8;/h8-9,11H,2-7H2,1H3;1H. The molecule has 0 bridgehead atoms. The van der Waals surface area contributed by atoms with E-state index < -0.39 is 0 Å². The molecule has 17 heavy (non-hydrogen) atoms. The lowest BCUT2D eigenvalue weighted by Crippen LogP contribution is -2.33. The predicted molar refractivity (Wildman–Crippen MR) is 66.1 cm³/mol. The summed E-state index contributed by atoms with van der Waals surface area (Å²) in [7, 11) is 2.16. The normalized spacial score (nSPS) is 24.0. The van der Waals surface area contributed by atoms with Crippen molar-refractivity contribution in [2.24, 2.45) is 0 Å². The van der Waals surface area contributed by atoms with Gasteiger partial charge in [-0.1, -0.05) is 0 Å². The molecule has 0 amide bonds. The van der Waals surface area contributed by atoms with Gasteiger partial charge in [0.15, 0.2) is 5.82 Å². The fourth-order valence-electron chi connectivity index (χ4n) is 2.29. The molecule has 1 unspecified atom stereocenters. The highest BCUT2D eigenvalue weighted by Crippen LogP contribution is 2.34. The molecule has 1 saturated heterocycles. The maximum Gasteiger partial charge on any atom is 0.165 e. The van der Waals surface area contributed by atoms with Gasteiger partial charge in [-0.2, -0.15) is 0 Å². The van der Waals surface area contributed by atoms with Crippen LogP contribution in [0.4, 0.5) is 0 Å². The van der Waals surface area contributed by atoms with Gasteiger partial charge >= 0.3 is 0 Å². The Kier molecular flexibility index (Phi) is 3.96. The van der Waals surface area contributed by atoms with Gasteiger partial charge in [0.2, 0.25) is 0 Å². The molecular weight excluding hydrogens is 240 g/mol. The lowest BCUT2D eigenvalue weighted by molar-refractivity contribution is 0.238. The summed E-state index contributed by atoms with van der Waals surface area (Å²) >= 11 is 0. The Morgan fingerprint density at radius 2 is 2.24 bits per heavy atom. The molecule has 2 heterocycles. The lowest BCUT2D eigenvalue weighted by atomic mass is 10.2. The van der Waals surface area contributed by atoms with Gasteiger partial charge in [0.25, 0.3) is 0 Å². The fraction of sp³-hybridized carbons (Fsp3) is 0.900. The third-order valence-electron chi connectivity index (χ3n) is 3.50. The molecule has 1 aromatic rings. The SMILES string of the molecule is CN(Cc1nnnn1C1CC1)C1CCNC1.Cl. The summed E-state index contributed by atoms with van der Waals surface area (Å²) in [6.07, 6.45) is 3.68. The average molecular weight is 259 g/mol. The summed E-state index contributed by atoms with van der Waals surface area (Å²) in [5, 5.41) is 15.4. The second-order valence-corrected chi connectivity index (χ2v) is 4.83. The number of aromatic nitrogens is 4. The molecule has 96 valence electrons. The molecule has 2 aliphatic rings. The van der Waals surface area contributed by atoms with Crippen LogP contribution in [0.15, 0.2) is 0 Å². The Morgan fingerprint density at radius 1 is 1.41 bits per heavy atom. The van der Waals surface area contributed by atoms with Crippen LogP contribution in [0.2, 0.25) is 0 Å². The van der Waals surface area contributed by atoms with Crippen molar-refractivity contribution in [3.63, 3.8) is 0 Å². The van der Waals surface area contributed by atoms with Crippen LogP contribution in [0, 0.1) is 0 Å². The lowest BCUT2D eigenvalue weighted by Gasteiger charge is -2.22. The molecule has 7 heteroatoms. The number of likely N-dealkylation sites (N-methyl/N-ethyl adjacent to an activating group) is 1. The molecule has 6 nitrogen and oxygen atoms in total. The minimum absolute atomic E-state index is 0. The predicted octanol–water partition coefficient (Wildman–Crippen LogP) is 0.223. The van der Waals surface area contributed by atoms with Gasteiger partial charge in [-0.05, 0) is 43.3 Å². The largest absolute Gasteiger partial charge is 0.315 e. The Labute approximate surface area is 107 Å². The zero-order valence-electron chi connectivity index (χ0n) is 10.0. The summed E-state index contributed by atoms with van der Waals surface area (Å²) in [5.41, 5.74) is 0. The quantitative estimate of drug-likeness (QED) is 0.838. The number of rotatable bonds is 4. The number of halogens is 1. The zero-order chi connectivity index (χ0) is 11.0. The first-order valence-corrected chi connectivity index (χ1v) is 6.02. The van der Waals surface area contributed by atoms with Crippen molar-refractivity contribution >= 4 is 12.4 Å². The Morgan fingerprint density at radius 3 is 2.88 bits per heavy atom. The molecule has 3 rings (SSSR count). The topological polar surface area (TPSA) is 58.9 Å². The molecule has 1 aliphatic carbocycles. The molecule has 1 aromatic heterocycles.